The third-order valence-electron chi connectivity index (χ3n) is 2.05. The topological polar surface area (TPSA) is 83.6 Å². The van der Waals surface area contributed by atoms with E-state index in [0.717, 1.165) is 0 Å². The number of alkyl halides is 2. The maximum Gasteiger partial charge on any atom is 0.267 e. The zero-order valence-corrected chi connectivity index (χ0v) is 7.24. The Morgan fingerprint density at radius 3 is 2.57 bits per heavy atom. The number of aliphatic hydroxyl groups excluding tert-OH is 1. The normalized spacial score (nSPS) is 25.1. The fourth-order valence-electron chi connectivity index (χ4n) is 1.42. The largest absolute Gasteiger partial charge is 0.387 e. The Balaban J connectivity index is 2.83. The summed E-state index contributed by atoms with van der Waals surface area (Å²) in [6, 6.07) is -1.32. The van der Waals surface area contributed by atoms with Crippen LogP contribution in [-0.4, -0.2) is 46.9 Å². The van der Waals surface area contributed by atoms with Gasteiger partial charge in [0.15, 0.2) is 0 Å². The molecule has 0 radical (unpaired) electrons. The Kier molecular flexibility index (Phi) is 2.70. The van der Waals surface area contributed by atoms with Crippen LogP contribution in [0.3, 0.4) is 0 Å². The van der Waals surface area contributed by atoms with Gasteiger partial charge in [-0.05, 0) is 0 Å². The lowest BCUT2D eigenvalue weighted by Crippen LogP contribution is -2.44. The number of carbonyl (C=O) groups excluding carboxylic acids is 2. The molecule has 1 fully saturated rings. The highest BCUT2D eigenvalue weighted by Gasteiger charge is 2.49. The monoisotopic (exact) mass is 208 g/mol. The molecule has 0 aromatic carbocycles. The van der Waals surface area contributed by atoms with E-state index in [0.29, 0.717) is 4.90 Å². The molecule has 0 unspecified atom stereocenters. The molecule has 80 valence electrons. The molecule has 1 rings (SSSR count). The summed E-state index contributed by atoms with van der Waals surface area (Å²) in [5.41, 5.74) is 4.85. The van der Waals surface area contributed by atoms with Gasteiger partial charge in [0.2, 0.25) is 11.8 Å². The van der Waals surface area contributed by atoms with Crippen molar-refractivity contribution in [3.05, 3.63) is 0 Å². The molecule has 0 saturated carbocycles. The minimum Gasteiger partial charge on any atom is -0.387 e. The summed E-state index contributed by atoms with van der Waals surface area (Å²) in [6.07, 6.45) is -0.770. The van der Waals surface area contributed by atoms with E-state index in [-0.39, 0.29) is 0 Å². The number of amides is 2. The van der Waals surface area contributed by atoms with Crippen molar-refractivity contribution in [3.8, 4) is 0 Å². The Labute approximate surface area is 78.5 Å². The Morgan fingerprint density at radius 1 is 1.57 bits per heavy atom. The van der Waals surface area contributed by atoms with Crippen LogP contribution in [0.5, 0.6) is 0 Å². The summed E-state index contributed by atoms with van der Waals surface area (Å²) in [7, 11) is 0. The van der Waals surface area contributed by atoms with Crippen LogP contribution in [-0.2, 0) is 9.59 Å². The molecule has 1 aliphatic heterocycles. The van der Waals surface area contributed by atoms with Gasteiger partial charge in [-0.15, -0.1) is 0 Å². The predicted octanol–water partition coefficient (Wildman–Crippen LogP) is -1.30. The van der Waals surface area contributed by atoms with Crippen molar-refractivity contribution >= 4 is 11.8 Å². The fraction of sp³-hybridized carbons (Fsp3) is 0.714. The van der Waals surface area contributed by atoms with Crippen molar-refractivity contribution in [2.24, 2.45) is 5.73 Å². The fourth-order valence-corrected chi connectivity index (χ4v) is 1.42. The van der Waals surface area contributed by atoms with Crippen LogP contribution in [0.15, 0.2) is 0 Å². The van der Waals surface area contributed by atoms with E-state index < -0.39 is 43.4 Å². The van der Waals surface area contributed by atoms with E-state index in [2.05, 4.69) is 0 Å². The SMILES string of the molecule is NC(=O)[C@@H]1CC(F)(F)CN1C(=O)CO. The minimum absolute atomic E-state index is 0.613. The first kappa shape index (κ1) is 10.8. The number of primary amides is 1. The van der Waals surface area contributed by atoms with Gasteiger partial charge < -0.3 is 15.7 Å². The molecule has 1 saturated heterocycles. The second-order valence-electron chi connectivity index (χ2n) is 3.16. The smallest absolute Gasteiger partial charge is 0.267 e. The van der Waals surface area contributed by atoms with Gasteiger partial charge in [0.05, 0.1) is 6.54 Å². The van der Waals surface area contributed by atoms with Crippen molar-refractivity contribution < 1.29 is 23.5 Å². The first-order valence-corrected chi connectivity index (χ1v) is 3.95. The van der Waals surface area contributed by atoms with Crippen LogP contribution in [0.2, 0.25) is 0 Å². The van der Waals surface area contributed by atoms with E-state index >= 15 is 0 Å². The van der Waals surface area contributed by atoms with Crippen molar-refractivity contribution in [1.29, 1.82) is 0 Å². The van der Waals surface area contributed by atoms with E-state index in [9.17, 15) is 18.4 Å². The molecular formula is C7H10F2N2O3. The molecule has 0 spiro atoms. The van der Waals surface area contributed by atoms with Gasteiger partial charge in [-0.1, -0.05) is 0 Å². The maximum absolute atomic E-state index is 12.8. The number of rotatable bonds is 2. The first-order valence-electron chi connectivity index (χ1n) is 3.95. The summed E-state index contributed by atoms with van der Waals surface area (Å²) < 4.78 is 25.6. The average molecular weight is 208 g/mol. The van der Waals surface area contributed by atoms with Crippen LogP contribution in [0.25, 0.3) is 0 Å². The number of nitrogens with zero attached hydrogens (tertiary/aromatic N) is 1. The summed E-state index contributed by atoms with van der Waals surface area (Å²) in [5.74, 6) is -5.00. The number of halogens is 2. The van der Waals surface area contributed by atoms with Crippen molar-refractivity contribution in [3.63, 3.8) is 0 Å². The highest BCUT2D eigenvalue weighted by Crippen LogP contribution is 2.31. The number of nitrogens with two attached hydrogens (primary N) is 1. The van der Waals surface area contributed by atoms with E-state index in [4.69, 9.17) is 10.8 Å². The van der Waals surface area contributed by atoms with Gasteiger partial charge in [-0.2, -0.15) is 0 Å². The molecule has 1 aliphatic rings. The Morgan fingerprint density at radius 2 is 2.14 bits per heavy atom. The molecule has 5 nitrogen and oxygen atoms in total. The lowest BCUT2D eigenvalue weighted by molar-refractivity contribution is -0.140. The van der Waals surface area contributed by atoms with E-state index in [1.54, 1.807) is 0 Å². The molecule has 0 aliphatic carbocycles. The van der Waals surface area contributed by atoms with E-state index in [1.165, 1.54) is 0 Å². The lowest BCUT2D eigenvalue weighted by atomic mass is 10.2. The lowest BCUT2D eigenvalue weighted by Gasteiger charge is -2.19. The third-order valence-corrected chi connectivity index (χ3v) is 2.05. The van der Waals surface area contributed by atoms with Gasteiger partial charge >= 0.3 is 0 Å². The standard InChI is InChI=1S/C7H10F2N2O3/c8-7(9)1-4(6(10)14)11(3-7)5(13)2-12/h4,12H,1-3H2,(H2,10,14)/t4-/m0/s1. The molecule has 14 heavy (non-hydrogen) atoms. The second-order valence-corrected chi connectivity index (χ2v) is 3.16. The van der Waals surface area contributed by atoms with E-state index in [1.807, 2.05) is 0 Å². The molecule has 2 amide bonds. The summed E-state index contributed by atoms with van der Waals surface area (Å²) in [6.45, 7) is -1.76. The van der Waals surface area contributed by atoms with Gasteiger partial charge in [0.1, 0.15) is 12.6 Å². The van der Waals surface area contributed by atoms with Crippen molar-refractivity contribution in [2.45, 2.75) is 18.4 Å². The van der Waals surface area contributed by atoms with Gasteiger partial charge in [0.25, 0.3) is 5.92 Å². The quantitative estimate of drug-likeness (QED) is 0.591. The second kappa shape index (κ2) is 3.49. The molecule has 3 N–H and O–H groups in total. The molecule has 0 aromatic heterocycles. The molecular weight excluding hydrogens is 198 g/mol. The summed E-state index contributed by atoms with van der Waals surface area (Å²) >= 11 is 0. The van der Waals surface area contributed by atoms with Crippen LogP contribution in [0, 0.1) is 0 Å². The Hall–Kier alpha value is -1.24. The first-order chi connectivity index (χ1) is 6.37. The Bertz CT molecular complexity index is 270. The zero-order valence-electron chi connectivity index (χ0n) is 7.24. The van der Waals surface area contributed by atoms with Gasteiger partial charge in [-0.3, -0.25) is 9.59 Å². The van der Waals surface area contributed by atoms with Crippen LogP contribution < -0.4 is 5.73 Å². The number of aliphatic hydroxyl groups is 1. The average Bonchev–Trinajstić information content (AvgIpc) is 2.40. The van der Waals surface area contributed by atoms with Gasteiger partial charge in [0, 0.05) is 6.42 Å². The number of hydrogen-bond acceptors (Lipinski definition) is 3. The minimum atomic E-state index is -3.11. The molecule has 7 heteroatoms. The van der Waals surface area contributed by atoms with Crippen molar-refractivity contribution in [1.82, 2.24) is 4.90 Å². The highest BCUT2D eigenvalue weighted by atomic mass is 19.3. The van der Waals surface area contributed by atoms with Crippen LogP contribution in [0.1, 0.15) is 6.42 Å². The summed E-state index contributed by atoms with van der Waals surface area (Å²) in [5, 5.41) is 8.48. The molecule has 0 aromatic rings. The van der Waals surface area contributed by atoms with Crippen LogP contribution >= 0.6 is 0 Å². The van der Waals surface area contributed by atoms with Crippen molar-refractivity contribution in [2.75, 3.05) is 13.2 Å². The number of likely N-dealkylation sites (tertiary alicyclic amines) is 1. The number of hydrogen-bond donors (Lipinski definition) is 2. The zero-order chi connectivity index (χ0) is 10.9. The highest BCUT2D eigenvalue weighted by molar-refractivity contribution is 5.87. The van der Waals surface area contributed by atoms with Crippen LogP contribution in [0.4, 0.5) is 8.78 Å². The predicted molar refractivity (Wildman–Crippen MR) is 41.3 cm³/mol. The maximum atomic E-state index is 12.8. The number of carbonyl (C=O) groups is 2. The molecule has 0 bridgehead atoms. The van der Waals surface area contributed by atoms with Gasteiger partial charge in [-0.25, -0.2) is 8.78 Å². The summed E-state index contributed by atoms with van der Waals surface area (Å²) in [4.78, 5) is 22.3. The molecule has 1 heterocycles. The third kappa shape index (κ3) is 1.98. The molecule has 1 atom stereocenters.